The van der Waals surface area contributed by atoms with Crippen molar-refractivity contribution in [1.29, 1.82) is 0 Å². The number of carbonyl (C=O) groups is 1. The van der Waals surface area contributed by atoms with Gasteiger partial charge in [-0.1, -0.05) is 18.2 Å². The summed E-state index contributed by atoms with van der Waals surface area (Å²) in [5, 5.41) is 4.54. The van der Waals surface area contributed by atoms with Crippen LogP contribution in [0.5, 0.6) is 5.75 Å². The summed E-state index contributed by atoms with van der Waals surface area (Å²) < 4.78 is 7.92. The summed E-state index contributed by atoms with van der Waals surface area (Å²) in [5.41, 5.74) is 3.31. The van der Waals surface area contributed by atoms with Gasteiger partial charge in [0.15, 0.2) is 6.10 Å². The molecule has 0 saturated carbocycles. The van der Waals surface area contributed by atoms with Crippen LogP contribution in [0, 0.1) is 13.8 Å². The summed E-state index contributed by atoms with van der Waals surface area (Å²) in [6, 6.07) is 10.2. The van der Waals surface area contributed by atoms with E-state index >= 15 is 0 Å². The van der Waals surface area contributed by atoms with E-state index < -0.39 is 0 Å². The molecule has 2 aromatic rings. The van der Waals surface area contributed by atoms with Gasteiger partial charge in [0.25, 0.3) is 5.91 Å². The Hall–Kier alpha value is -2.30. The van der Waals surface area contributed by atoms with Crippen molar-refractivity contribution in [2.45, 2.75) is 51.8 Å². The summed E-state index contributed by atoms with van der Waals surface area (Å²) in [6.07, 6.45) is 2.39. The third-order valence-electron chi connectivity index (χ3n) is 5.07. The third-order valence-corrected chi connectivity index (χ3v) is 5.07. The average Bonchev–Trinajstić information content (AvgIpc) is 3.26. The molecule has 1 amide bonds. The summed E-state index contributed by atoms with van der Waals surface area (Å²) >= 11 is 0. The number of carbonyl (C=O) groups excluding carboxylic acids is 1. The van der Waals surface area contributed by atoms with Crippen molar-refractivity contribution < 1.29 is 9.53 Å². The number of likely N-dealkylation sites (tertiary alicyclic amines) is 1. The van der Waals surface area contributed by atoms with Crippen LogP contribution in [-0.4, -0.2) is 39.3 Å². The summed E-state index contributed by atoms with van der Waals surface area (Å²) in [6.45, 7) is 5.66. The first-order valence-electron chi connectivity index (χ1n) is 8.68. The van der Waals surface area contributed by atoms with Gasteiger partial charge in [0.05, 0.1) is 18.3 Å². The second kappa shape index (κ2) is 5.96. The Morgan fingerprint density at radius 3 is 2.92 bits per heavy atom. The number of rotatable bonds is 3. The number of amides is 1. The van der Waals surface area contributed by atoms with Crippen molar-refractivity contribution in [3.8, 4) is 5.75 Å². The van der Waals surface area contributed by atoms with Gasteiger partial charge in [-0.15, -0.1) is 0 Å². The monoisotopic (exact) mass is 325 g/mol. The van der Waals surface area contributed by atoms with Crippen molar-refractivity contribution in [1.82, 2.24) is 14.7 Å². The molecule has 0 spiro atoms. The Labute approximate surface area is 142 Å². The van der Waals surface area contributed by atoms with Crippen LogP contribution in [-0.2, 0) is 17.8 Å². The summed E-state index contributed by atoms with van der Waals surface area (Å²) in [5.74, 6) is 0.973. The number of para-hydroxylation sites is 1. The Morgan fingerprint density at radius 2 is 2.17 bits per heavy atom. The van der Waals surface area contributed by atoms with Crippen LogP contribution in [0.15, 0.2) is 30.3 Å². The molecule has 3 heterocycles. The fourth-order valence-corrected chi connectivity index (χ4v) is 3.88. The predicted molar refractivity (Wildman–Crippen MR) is 91.0 cm³/mol. The van der Waals surface area contributed by atoms with E-state index in [1.807, 2.05) is 40.8 Å². The second-order valence-corrected chi connectivity index (χ2v) is 6.86. The Balaban J connectivity index is 1.47. The molecule has 5 nitrogen and oxygen atoms in total. The Morgan fingerprint density at radius 1 is 1.33 bits per heavy atom. The normalized spacial score (nSPS) is 22.5. The largest absolute Gasteiger partial charge is 0.480 e. The van der Waals surface area contributed by atoms with Crippen LogP contribution in [0.4, 0.5) is 0 Å². The molecule has 0 aliphatic carbocycles. The minimum absolute atomic E-state index is 0.121. The zero-order chi connectivity index (χ0) is 16.7. The van der Waals surface area contributed by atoms with Crippen LogP contribution in [0.25, 0.3) is 0 Å². The van der Waals surface area contributed by atoms with Gasteiger partial charge in [0, 0.05) is 18.7 Å². The SMILES string of the molecule is Cc1cc(C)n(C[C@H]2CCCN2C(=O)[C@@H]2Cc3ccccc3O2)n1. The lowest BCUT2D eigenvalue weighted by Gasteiger charge is -2.27. The lowest BCUT2D eigenvalue weighted by atomic mass is 10.1. The molecule has 1 aromatic carbocycles. The van der Waals surface area contributed by atoms with Gasteiger partial charge in [-0.25, -0.2) is 0 Å². The van der Waals surface area contributed by atoms with Gasteiger partial charge in [0.1, 0.15) is 5.75 Å². The second-order valence-electron chi connectivity index (χ2n) is 6.86. The summed E-state index contributed by atoms with van der Waals surface area (Å²) in [7, 11) is 0. The molecule has 24 heavy (non-hydrogen) atoms. The zero-order valence-electron chi connectivity index (χ0n) is 14.2. The minimum Gasteiger partial charge on any atom is -0.480 e. The van der Waals surface area contributed by atoms with Crippen molar-refractivity contribution in [3.63, 3.8) is 0 Å². The molecular weight excluding hydrogens is 302 g/mol. The van der Waals surface area contributed by atoms with Crippen LogP contribution in [0.1, 0.15) is 29.8 Å². The Bertz CT molecular complexity index is 743. The average molecular weight is 325 g/mol. The minimum atomic E-state index is -0.372. The standard InChI is InChI=1S/C19H23N3O2/c1-13-10-14(2)22(20-13)12-16-7-5-9-21(16)19(23)18-11-15-6-3-4-8-17(15)24-18/h3-4,6,8,10,16,18H,5,7,9,11-12H2,1-2H3/t16-,18+/m1/s1. The van der Waals surface area contributed by atoms with Gasteiger partial charge in [-0.3, -0.25) is 9.48 Å². The topological polar surface area (TPSA) is 47.4 Å². The number of hydrogen-bond acceptors (Lipinski definition) is 3. The van der Waals surface area contributed by atoms with E-state index in [9.17, 15) is 4.79 Å². The fourth-order valence-electron chi connectivity index (χ4n) is 3.88. The molecule has 126 valence electrons. The zero-order valence-corrected chi connectivity index (χ0v) is 14.2. The maximum atomic E-state index is 13.0. The lowest BCUT2D eigenvalue weighted by molar-refractivity contribution is -0.139. The van der Waals surface area contributed by atoms with Crippen LogP contribution < -0.4 is 4.74 Å². The van der Waals surface area contributed by atoms with E-state index in [1.54, 1.807) is 0 Å². The van der Waals surface area contributed by atoms with E-state index in [4.69, 9.17) is 4.74 Å². The molecule has 2 atom stereocenters. The predicted octanol–water partition coefficient (Wildman–Crippen LogP) is 2.49. The first-order valence-corrected chi connectivity index (χ1v) is 8.68. The number of hydrogen-bond donors (Lipinski definition) is 0. The molecule has 4 rings (SSSR count). The van der Waals surface area contributed by atoms with E-state index in [1.165, 1.54) is 0 Å². The fraction of sp³-hybridized carbons (Fsp3) is 0.474. The molecule has 0 unspecified atom stereocenters. The molecule has 1 fully saturated rings. The molecule has 2 aliphatic heterocycles. The first-order chi connectivity index (χ1) is 11.6. The lowest BCUT2D eigenvalue weighted by Crippen LogP contribution is -2.45. The number of fused-ring (bicyclic) bond motifs is 1. The van der Waals surface area contributed by atoms with Gasteiger partial charge in [0.2, 0.25) is 0 Å². The van der Waals surface area contributed by atoms with Crippen LogP contribution >= 0.6 is 0 Å². The van der Waals surface area contributed by atoms with E-state index in [0.717, 1.165) is 48.6 Å². The highest BCUT2D eigenvalue weighted by atomic mass is 16.5. The number of benzene rings is 1. The third kappa shape index (κ3) is 2.68. The molecular formula is C19H23N3O2. The summed E-state index contributed by atoms with van der Waals surface area (Å²) in [4.78, 5) is 15.0. The van der Waals surface area contributed by atoms with Gasteiger partial charge in [-0.2, -0.15) is 5.10 Å². The van der Waals surface area contributed by atoms with Crippen LogP contribution in [0.2, 0.25) is 0 Å². The smallest absolute Gasteiger partial charge is 0.264 e. The molecule has 2 aliphatic rings. The number of aromatic nitrogens is 2. The van der Waals surface area contributed by atoms with Crippen molar-refractivity contribution in [2.75, 3.05) is 6.54 Å². The quantitative estimate of drug-likeness (QED) is 0.871. The molecule has 0 bridgehead atoms. The van der Waals surface area contributed by atoms with Gasteiger partial charge in [-0.05, 0) is 44.4 Å². The molecule has 1 aromatic heterocycles. The van der Waals surface area contributed by atoms with E-state index in [-0.39, 0.29) is 18.1 Å². The van der Waals surface area contributed by atoms with Crippen molar-refractivity contribution in [2.24, 2.45) is 0 Å². The molecule has 0 radical (unpaired) electrons. The molecule has 0 N–H and O–H groups in total. The number of aryl methyl sites for hydroxylation is 2. The Kier molecular flexibility index (Phi) is 3.79. The first kappa shape index (κ1) is 15.2. The van der Waals surface area contributed by atoms with Crippen molar-refractivity contribution >= 4 is 5.91 Å². The molecule has 5 heteroatoms. The van der Waals surface area contributed by atoms with Crippen LogP contribution in [0.3, 0.4) is 0 Å². The van der Waals surface area contributed by atoms with Crippen molar-refractivity contribution in [3.05, 3.63) is 47.3 Å². The van der Waals surface area contributed by atoms with E-state index in [0.29, 0.717) is 6.42 Å². The highest BCUT2D eigenvalue weighted by Gasteiger charge is 2.37. The maximum Gasteiger partial charge on any atom is 0.264 e. The highest BCUT2D eigenvalue weighted by Crippen LogP contribution is 2.30. The number of ether oxygens (including phenoxy) is 1. The maximum absolute atomic E-state index is 13.0. The van der Waals surface area contributed by atoms with Gasteiger partial charge < -0.3 is 9.64 Å². The van der Waals surface area contributed by atoms with Gasteiger partial charge >= 0.3 is 0 Å². The highest BCUT2D eigenvalue weighted by molar-refractivity contribution is 5.83. The number of nitrogens with zero attached hydrogens (tertiary/aromatic N) is 3. The molecule has 1 saturated heterocycles. The van der Waals surface area contributed by atoms with E-state index in [2.05, 4.69) is 18.1 Å².